The summed E-state index contributed by atoms with van der Waals surface area (Å²) in [4.78, 5) is 34.4. The maximum Gasteiger partial charge on any atom is 0.320 e. The van der Waals surface area contributed by atoms with Crippen LogP contribution in [0.4, 0.5) is 0 Å². The molecule has 0 N–H and O–H groups in total. The summed E-state index contributed by atoms with van der Waals surface area (Å²) in [6.45, 7) is 9.98. The number of ether oxygens (including phenoxy) is 2. The molecule has 0 aliphatic rings. The molecule has 0 heterocycles. The fourth-order valence-electron chi connectivity index (χ4n) is 1.34. The minimum absolute atomic E-state index is 0.202. The fraction of sp³-hybridized carbons (Fsp3) is 0.786. The van der Waals surface area contributed by atoms with Gasteiger partial charge in [0.25, 0.3) is 0 Å². The van der Waals surface area contributed by atoms with Gasteiger partial charge in [0.05, 0.1) is 0 Å². The van der Waals surface area contributed by atoms with Gasteiger partial charge in [-0.15, -0.1) is 0 Å². The van der Waals surface area contributed by atoms with Crippen molar-refractivity contribution in [2.24, 2.45) is 5.92 Å². The zero-order chi connectivity index (χ0) is 16.1. The molecule has 6 nitrogen and oxygen atoms in total. The maximum absolute atomic E-state index is 12.0. The van der Waals surface area contributed by atoms with Crippen molar-refractivity contribution in [1.29, 1.82) is 0 Å². The third-order valence-corrected chi connectivity index (χ3v) is 2.02. The van der Waals surface area contributed by atoms with Crippen molar-refractivity contribution < 1.29 is 29.0 Å². The predicted molar refractivity (Wildman–Crippen MR) is 69.4 cm³/mol. The molecular weight excluding hydrogens is 264 g/mol. The van der Waals surface area contributed by atoms with Crippen LogP contribution in [0.5, 0.6) is 0 Å². The van der Waals surface area contributed by atoms with Crippen molar-refractivity contribution in [2.45, 2.75) is 65.6 Å². The van der Waals surface area contributed by atoms with E-state index >= 15 is 0 Å². The van der Waals surface area contributed by atoms with E-state index in [1.54, 1.807) is 41.5 Å². The number of carboxylic acid groups (broad SMARTS) is 1. The van der Waals surface area contributed by atoms with E-state index in [1.807, 2.05) is 0 Å². The first kappa shape index (κ1) is 18.4. The second-order valence-electron chi connectivity index (χ2n) is 6.53. The second kappa shape index (κ2) is 6.72. The van der Waals surface area contributed by atoms with Gasteiger partial charge in [0, 0.05) is 5.97 Å². The van der Waals surface area contributed by atoms with Crippen LogP contribution in [0, 0.1) is 5.92 Å². The van der Waals surface area contributed by atoms with E-state index in [-0.39, 0.29) is 6.42 Å². The molecule has 0 rings (SSSR count). The number of carboxylic acids is 1. The molecule has 0 aromatic rings. The van der Waals surface area contributed by atoms with E-state index in [2.05, 4.69) is 0 Å². The Morgan fingerprint density at radius 3 is 1.50 bits per heavy atom. The number of carbonyl (C=O) groups excluding carboxylic acids is 3. The molecule has 0 aliphatic heterocycles. The Hall–Kier alpha value is -1.59. The lowest BCUT2D eigenvalue weighted by Gasteiger charge is -2.26. The molecule has 0 unspecified atom stereocenters. The molecular formula is C14H23O6-. The van der Waals surface area contributed by atoms with E-state index in [9.17, 15) is 19.5 Å². The smallest absolute Gasteiger partial charge is 0.320 e. The Kier molecular flexibility index (Phi) is 6.19. The van der Waals surface area contributed by atoms with E-state index in [4.69, 9.17) is 9.47 Å². The maximum atomic E-state index is 12.0. The van der Waals surface area contributed by atoms with Crippen molar-refractivity contribution >= 4 is 17.9 Å². The highest BCUT2D eigenvalue weighted by Crippen LogP contribution is 2.19. The minimum atomic E-state index is -1.33. The highest BCUT2D eigenvalue weighted by atomic mass is 16.6. The molecule has 0 radical (unpaired) electrons. The van der Waals surface area contributed by atoms with Crippen molar-refractivity contribution in [2.75, 3.05) is 0 Å². The lowest BCUT2D eigenvalue weighted by atomic mass is 10.0. The van der Waals surface area contributed by atoms with Gasteiger partial charge < -0.3 is 19.4 Å². The van der Waals surface area contributed by atoms with E-state index in [0.717, 1.165) is 0 Å². The van der Waals surface area contributed by atoms with Crippen LogP contribution in [0.25, 0.3) is 0 Å². The van der Waals surface area contributed by atoms with Crippen molar-refractivity contribution in [3.63, 3.8) is 0 Å². The normalized spacial score (nSPS) is 12.2. The van der Waals surface area contributed by atoms with Crippen molar-refractivity contribution in [1.82, 2.24) is 0 Å². The van der Waals surface area contributed by atoms with Crippen molar-refractivity contribution in [3.8, 4) is 0 Å². The number of hydrogen-bond acceptors (Lipinski definition) is 6. The van der Waals surface area contributed by atoms with Gasteiger partial charge >= 0.3 is 11.9 Å². The topological polar surface area (TPSA) is 92.7 Å². The Bertz CT molecular complexity index is 344. The van der Waals surface area contributed by atoms with Crippen LogP contribution < -0.4 is 5.11 Å². The molecule has 0 saturated carbocycles. The van der Waals surface area contributed by atoms with Gasteiger partial charge in [-0.25, -0.2) is 0 Å². The molecule has 0 fully saturated rings. The Balaban J connectivity index is 4.93. The number of carbonyl (C=O) groups is 3. The van der Waals surface area contributed by atoms with Crippen LogP contribution in [0.2, 0.25) is 0 Å². The zero-order valence-electron chi connectivity index (χ0n) is 12.9. The third kappa shape index (κ3) is 8.50. The first-order valence-electron chi connectivity index (χ1n) is 6.47. The van der Waals surface area contributed by atoms with Crippen LogP contribution in [0.15, 0.2) is 0 Å². The van der Waals surface area contributed by atoms with E-state index in [0.29, 0.717) is 0 Å². The molecule has 0 bridgehead atoms. The number of aliphatic carboxylic acids is 1. The Morgan fingerprint density at radius 1 is 0.900 bits per heavy atom. The summed E-state index contributed by atoms with van der Waals surface area (Å²) in [6, 6.07) is 0. The van der Waals surface area contributed by atoms with Gasteiger partial charge in [-0.05, 0) is 54.4 Å². The van der Waals surface area contributed by atoms with E-state index < -0.39 is 41.4 Å². The van der Waals surface area contributed by atoms with Crippen LogP contribution in [0.3, 0.4) is 0 Å². The van der Waals surface area contributed by atoms with Crippen molar-refractivity contribution in [3.05, 3.63) is 0 Å². The van der Waals surface area contributed by atoms with Crippen LogP contribution in [0.1, 0.15) is 54.4 Å². The molecule has 0 aromatic heterocycles. The highest BCUT2D eigenvalue weighted by molar-refractivity contribution is 5.95. The van der Waals surface area contributed by atoms with Crippen LogP contribution in [-0.4, -0.2) is 29.1 Å². The second-order valence-corrected chi connectivity index (χ2v) is 6.53. The third-order valence-electron chi connectivity index (χ3n) is 2.02. The summed E-state index contributed by atoms with van der Waals surface area (Å²) in [5, 5.41) is 10.5. The predicted octanol–water partition coefficient (Wildman–Crippen LogP) is 0.816. The van der Waals surface area contributed by atoms with Gasteiger partial charge in [-0.1, -0.05) is 0 Å². The monoisotopic (exact) mass is 287 g/mol. The lowest BCUT2D eigenvalue weighted by Crippen LogP contribution is -2.37. The Morgan fingerprint density at radius 2 is 1.25 bits per heavy atom. The summed E-state index contributed by atoms with van der Waals surface area (Å²) in [6.07, 6.45) is -0.616. The molecule has 0 spiro atoms. The average molecular weight is 287 g/mol. The SMILES string of the molecule is CC(C)(C)OC(=O)C(CCC(=O)[O-])C(=O)OC(C)(C)C. The summed E-state index contributed by atoms with van der Waals surface area (Å²) < 4.78 is 10.2. The molecule has 0 amide bonds. The lowest BCUT2D eigenvalue weighted by molar-refractivity contribution is -0.305. The molecule has 0 saturated heterocycles. The number of hydrogen-bond donors (Lipinski definition) is 0. The Labute approximate surface area is 119 Å². The first-order valence-corrected chi connectivity index (χ1v) is 6.47. The molecule has 0 atom stereocenters. The summed E-state index contributed by atoms with van der Waals surface area (Å²) in [7, 11) is 0. The first-order chi connectivity index (χ1) is 8.82. The summed E-state index contributed by atoms with van der Waals surface area (Å²) in [5.74, 6) is -4.16. The summed E-state index contributed by atoms with van der Waals surface area (Å²) >= 11 is 0. The van der Waals surface area contributed by atoms with Gasteiger partial charge in [0.15, 0.2) is 5.92 Å². The van der Waals surface area contributed by atoms with Gasteiger partial charge in [0.1, 0.15) is 11.2 Å². The van der Waals surface area contributed by atoms with Crippen LogP contribution >= 0.6 is 0 Å². The van der Waals surface area contributed by atoms with E-state index in [1.165, 1.54) is 0 Å². The fourth-order valence-corrected chi connectivity index (χ4v) is 1.34. The van der Waals surface area contributed by atoms with Crippen LogP contribution in [-0.2, 0) is 23.9 Å². The molecule has 20 heavy (non-hydrogen) atoms. The largest absolute Gasteiger partial charge is 0.550 e. The highest BCUT2D eigenvalue weighted by Gasteiger charge is 2.34. The summed E-state index contributed by atoms with van der Waals surface area (Å²) in [5.41, 5.74) is -1.53. The molecule has 0 aliphatic carbocycles. The molecule has 116 valence electrons. The quantitative estimate of drug-likeness (QED) is 0.549. The standard InChI is InChI=1S/C14H24O6/c1-13(2,3)19-11(17)9(7-8-10(15)16)12(18)20-14(4,5)6/h9H,7-8H2,1-6H3,(H,15,16)/p-1. The minimum Gasteiger partial charge on any atom is -0.550 e. The van der Waals surface area contributed by atoms with Gasteiger partial charge in [-0.3, -0.25) is 9.59 Å². The average Bonchev–Trinajstić information content (AvgIpc) is 2.10. The van der Waals surface area contributed by atoms with Gasteiger partial charge in [-0.2, -0.15) is 0 Å². The van der Waals surface area contributed by atoms with Gasteiger partial charge in [0.2, 0.25) is 0 Å². The number of esters is 2. The molecule has 6 heteroatoms. The molecule has 0 aromatic carbocycles. The number of rotatable bonds is 5. The zero-order valence-corrected chi connectivity index (χ0v) is 12.9.